The van der Waals surface area contributed by atoms with Gasteiger partial charge in [-0.25, -0.2) is 15.0 Å². The van der Waals surface area contributed by atoms with Crippen LogP contribution in [0.25, 0.3) is 10.9 Å². The molecule has 2 aliphatic rings. The van der Waals surface area contributed by atoms with Crippen LogP contribution in [0.1, 0.15) is 49.9 Å². The van der Waals surface area contributed by atoms with Crippen molar-refractivity contribution in [2.75, 3.05) is 47.1 Å². The number of fused-ring (bicyclic) bond motifs is 1. The molecule has 4 heterocycles. The first-order valence-corrected chi connectivity index (χ1v) is 11.2. The summed E-state index contributed by atoms with van der Waals surface area (Å²) in [5, 5.41) is 0.926. The number of likely N-dealkylation sites (tertiary alicyclic amines) is 1. The van der Waals surface area contributed by atoms with Crippen molar-refractivity contribution in [3.63, 3.8) is 0 Å². The minimum Gasteiger partial charge on any atom is -0.474 e. The van der Waals surface area contributed by atoms with E-state index in [0.717, 1.165) is 62.3 Å². The summed E-state index contributed by atoms with van der Waals surface area (Å²) in [6.07, 6.45) is 9.00. The molecule has 7 heteroatoms. The standard InChI is InChI=1S/C23H34N4O3/c1-16(15-28-3)11-21-24-13-20-22(26-21)19(17-5-4-8-27(2)14-17)12-25-23(20)30-18-6-9-29-10-7-18/h12-13,16-18H,4-11,14-15H2,1-3H3/t16-,17+/m1/s1. The number of hydrogen-bond acceptors (Lipinski definition) is 7. The normalized spacial score (nSPS) is 22.3. The van der Waals surface area contributed by atoms with E-state index in [1.165, 1.54) is 18.4 Å². The molecule has 0 N–H and O–H groups in total. The zero-order chi connectivity index (χ0) is 20.9. The van der Waals surface area contributed by atoms with Crippen molar-refractivity contribution in [2.45, 2.75) is 51.0 Å². The number of nitrogens with zero attached hydrogens (tertiary/aromatic N) is 4. The molecule has 2 aromatic rings. The molecule has 0 bridgehead atoms. The molecule has 0 spiro atoms. The lowest BCUT2D eigenvalue weighted by Crippen LogP contribution is -2.31. The van der Waals surface area contributed by atoms with Crippen molar-refractivity contribution in [3.05, 3.63) is 23.8 Å². The van der Waals surface area contributed by atoms with E-state index >= 15 is 0 Å². The third-order valence-corrected chi connectivity index (χ3v) is 6.16. The number of likely N-dealkylation sites (N-methyl/N-ethyl adjacent to an activating group) is 1. The third-order valence-electron chi connectivity index (χ3n) is 6.16. The van der Waals surface area contributed by atoms with Gasteiger partial charge in [-0.2, -0.15) is 0 Å². The van der Waals surface area contributed by atoms with Gasteiger partial charge in [-0.05, 0) is 32.4 Å². The zero-order valence-corrected chi connectivity index (χ0v) is 18.5. The fourth-order valence-corrected chi connectivity index (χ4v) is 4.57. The molecule has 4 rings (SSSR count). The van der Waals surface area contributed by atoms with Crippen LogP contribution >= 0.6 is 0 Å². The van der Waals surface area contributed by atoms with Crippen LogP contribution in [0.5, 0.6) is 5.88 Å². The number of rotatable bonds is 7. The van der Waals surface area contributed by atoms with E-state index in [2.05, 4.69) is 23.9 Å². The van der Waals surface area contributed by atoms with Gasteiger partial charge in [0, 0.05) is 63.4 Å². The Kier molecular flexibility index (Phi) is 7.12. The molecule has 2 fully saturated rings. The molecular weight excluding hydrogens is 380 g/mol. The molecule has 2 aliphatic heterocycles. The van der Waals surface area contributed by atoms with Crippen molar-refractivity contribution in [1.29, 1.82) is 0 Å². The van der Waals surface area contributed by atoms with Gasteiger partial charge in [0.2, 0.25) is 5.88 Å². The van der Waals surface area contributed by atoms with E-state index in [-0.39, 0.29) is 6.10 Å². The highest BCUT2D eigenvalue weighted by molar-refractivity contribution is 5.85. The summed E-state index contributed by atoms with van der Waals surface area (Å²) in [7, 11) is 3.93. The van der Waals surface area contributed by atoms with Crippen molar-refractivity contribution in [1.82, 2.24) is 19.9 Å². The number of ether oxygens (including phenoxy) is 3. The van der Waals surface area contributed by atoms with Gasteiger partial charge in [-0.3, -0.25) is 0 Å². The Balaban J connectivity index is 1.68. The summed E-state index contributed by atoms with van der Waals surface area (Å²) in [5.74, 6) is 2.33. The second-order valence-corrected chi connectivity index (χ2v) is 8.86. The number of piperidine rings is 1. The van der Waals surface area contributed by atoms with Gasteiger partial charge in [-0.1, -0.05) is 6.92 Å². The molecule has 2 atom stereocenters. The molecule has 7 nitrogen and oxygen atoms in total. The second-order valence-electron chi connectivity index (χ2n) is 8.86. The van der Waals surface area contributed by atoms with E-state index in [9.17, 15) is 0 Å². The predicted molar refractivity (Wildman–Crippen MR) is 116 cm³/mol. The molecular formula is C23H34N4O3. The van der Waals surface area contributed by atoms with Crippen molar-refractivity contribution in [3.8, 4) is 5.88 Å². The smallest absolute Gasteiger partial charge is 0.224 e. The average Bonchev–Trinajstić information content (AvgIpc) is 2.75. The fourth-order valence-electron chi connectivity index (χ4n) is 4.57. The first-order chi connectivity index (χ1) is 14.6. The molecule has 30 heavy (non-hydrogen) atoms. The van der Waals surface area contributed by atoms with Crippen molar-refractivity contribution in [2.24, 2.45) is 5.92 Å². The van der Waals surface area contributed by atoms with Gasteiger partial charge in [0.05, 0.1) is 24.1 Å². The molecule has 0 amide bonds. The van der Waals surface area contributed by atoms with Crippen LogP contribution in [0.2, 0.25) is 0 Å². The lowest BCUT2D eigenvalue weighted by Gasteiger charge is -2.30. The lowest BCUT2D eigenvalue weighted by atomic mass is 9.90. The van der Waals surface area contributed by atoms with Gasteiger partial charge in [-0.15, -0.1) is 0 Å². The minimum absolute atomic E-state index is 0.141. The van der Waals surface area contributed by atoms with E-state index in [1.54, 1.807) is 7.11 Å². The Bertz CT molecular complexity index is 841. The maximum Gasteiger partial charge on any atom is 0.224 e. The van der Waals surface area contributed by atoms with Crippen molar-refractivity contribution >= 4 is 10.9 Å². The van der Waals surface area contributed by atoms with Gasteiger partial charge < -0.3 is 19.1 Å². The SMILES string of the molecule is COC[C@H](C)Cc1ncc2c(OC3CCOCC3)ncc([C@H]3CCCN(C)C3)c2n1. The predicted octanol–water partition coefficient (Wildman–Crippen LogP) is 3.22. The van der Waals surface area contributed by atoms with E-state index in [1.807, 2.05) is 12.4 Å². The van der Waals surface area contributed by atoms with Gasteiger partial charge in [0.1, 0.15) is 11.9 Å². The second kappa shape index (κ2) is 9.98. The van der Waals surface area contributed by atoms with Crippen LogP contribution in [-0.2, 0) is 15.9 Å². The van der Waals surface area contributed by atoms with Gasteiger partial charge >= 0.3 is 0 Å². The van der Waals surface area contributed by atoms with Gasteiger partial charge in [0.15, 0.2) is 0 Å². The topological polar surface area (TPSA) is 69.6 Å². The molecule has 0 unspecified atom stereocenters. The fraction of sp³-hybridized carbons (Fsp3) is 0.696. The molecule has 2 aromatic heterocycles. The van der Waals surface area contributed by atoms with E-state index in [4.69, 9.17) is 24.2 Å². The maximum absolute atomic E-state index is 6.29. The Morgan fingerprint density at radius 1 is 1.20 bits per heavy atom. The van der Waals surface area contributed by atoms with Crippen molar-refractivity contribution < 1.29 is 14.2 Å². The maximum atomic E-state index is 6.29. The summed E-state index contributed by atoms with van der Waals surface area (Å²) >= 11 is 0. The highest BCUT2D eigenvalue weighted by Crippen LogP contribution is 2.34. The highest BCUT2D eigenvalue weighted by Gasteiger charge is 2.25. The summed E-state index contributed by atoms with van der Waals surface area (Å²) in [4.78, 5) is 16.8. The highest BCUT2D eigenvalue weighted by atomic mass is 16.5. The van der Waals surface area contributed by atoms with Crippen LogP contribution in [0.3, 0.4) is 0 Å². The summed E-state index contributed by atoms with van der Waals surface area (Å²) in [5.41, 5.74) is 2.22. The molecule has 0 saturated carbocycles. The minimum atomic E-state index is 0.141. The molecule has 2 saturated heterocycles. The zero-order valence-electron chi connectivity index (χ0n) is 18.5. The third kappa shape index (κ3) is 5.07. The Morgan fingerprint density at radius 2 is 2.03 bits per heavy atom. The van der Waals surface area contributed by atoms with E-state index < -0.39 is 0 Å². The Hall–Kier alpha value is -1.83. The molecule has 164 valence electrons. The average molecular weight is 415 g/mol. The first kappa shape index (κ1) is 21.4. The first-order valence-electron chi connectivity index (χ1n) is 11.2. The molecule has 0 aromatic carbocycles. The van der Waals surface area contributed by atoms with Crippen LogP contribution in [0.15, 0.2) is 12.4 Å². The number of methoxy groups -OCH3 is 1. The van der Waals surface area contributed by atoms with Crippen LogP contribution < -0.4 is 4.74 Å². The monoisotopic (exact) mass is 414 g/mol. The van der Waals surface area contributed by atoms with Crippen LogP contribution in [0.4, 0.5) is 0 Å². The summed E-state index contributed by atoms with van der Waals surface area (Å²) in [6, 6.07) is 0. The molecule has 0 radical (unpaired) electrons. The number of pyridine rings is 1. The van der Waals surface area contributed by atoms with Crippen LogP contribution in [-0.4, -0.2) is 73.0 Å². The largest absolute Gasteiger partial charge is 0.474 e. The molecule has 0 aliphatic carbocycles. The van der Waals surface area contributed by atoms with Crippen LogP contribution in [0, 0.1) is 5.92 Å². The summed E-state index contributed by atoms with van der Waals surface area (Å²) in [6.45, 7) is 6.55. The Morgan fingerprint density at radius 3 is 2.80 bits per heavy atom. The summed E-state index contributed by atoms with van der Waals surface area (Å²) < 4.78 is 17.1. The number of hydrogen-bond donors (Lipinski definition) is 0. The lowest BCUT2D eigenvalue weighted by molar-refractivity contribution is 0.0244. The number of aromatic nitrogens is 3. The van der Waals surface area contributed by atoms with E-state index in [0.29, 0.717) is 24.3 Å². The van der Waals surface area contributed by atoms with Gasteiger partial charge in [0.25, 0.3) is 0 Å². The quantitative estimate of drug-likeness (QED) is 0.689. The Labute approximate surface area is 179 Å².